The van der Waals surface area contributed by atoms with Crippen LogP contribution < -0.4 is 4.90 Å². The number of rotatable bonds is 3. The van der Waals surface area contributed by atoms with Gasteiger partial charge in [0, 0.05) is 42.1 Å². The molecular weight excluding hydrogens is 360 g/mol. The van der Waals surface area contributed by atoms with Gasteiger partial charge in [-0.25, -0.2) is 0 Å². The number of carbonyl (C=O) groups excluding carboxylic acids is 2. The summed E-state index contributed by atoms with van der Waals surface area (Å²) in [6.45, 7) is 1.03. The number of nitro groups is 2. The van der Waals surface area contributed by atoms with Crippen molar-refractivity contribution in [3.63, 3.8) is 0 Å². The molecule has 0 bridgehead atoms. The Bertz CT molecular complexity index is 1040. The minimum Gasteiger partial charge on any atom is -0.365 e. The second-order valence-corrected chi connectivity index (χ2v) is 6.34. The summed E-state index contributed by atoms with van der Waals surface area (Å²) in [7, 11) is 0. The zero-order valence-corrected chi connectivity index (χ0v) is 13.7. The maximum absolute atomic E-state index is 12.3. The lowest BCUT2D eigenvalue weighted by atomic mass is 9.92. The number of benzene rings is 2. The van der Waals surface area contributed by atoms with Gasteiger partial charge in [-0.3, -0.25) is 35.0 Å². The Balaban J connectivity index is 2.20. The van der Waals surface area contributed by atoms with Crippen molar-refractivity contribution in [1.82, 2.24) is 5.06 Å². The van der Waals surface area contributed by atoms with Gasteiger partial charge in [-0.2, -0.15) is 0 Å². The van der Waals surface area contributed by atoms with E-state index in [0.717, 1.165) is 31.0 Å². The summed E-state index contributed by atoms with van der Waals surface area (Å²) in [4.78, 5) is 48.0. The largest absolute Gasteiger partial charge is 0.365 e. The van der Waals surface area contributed by atoms with E-state index in [9.17, 15) is 35.0 Å². The van der Waals surface area contributed by atoms with Crippen LogP contribution >= 0.6 is 0 Å². The molecule has 0 spiro atoms. The number of imide groups is 1. The molecule has 11 nitrogen and oxygen atoms in total. The molecule has 2 aliphatic heterocycles. The molecular formula is C16H12N4O7. The highest BCUT2D eigenvalue weighted by atomic mass is 16.6. The zero-order chi connectivity index (χ0) is 19.5. The van der Waals surface area contributed by atoms with Gasteiger partial charge >= 0.3 is 0 Å². The Morgan fingerprint density at radius 1 is 0.926 bits per heavy atom. The molecule has 1 fully saturated rings. The summed E-state index contributed by atoms with van der Waals surface area (Å²) < 4.78 is 0. The fourth-order valence-corrected chi connectivity index (χ4v) is 3.69. The number of nitro benzene ring substituents is 2. The first kappa shape index (κ1) is 16.8. The third-order valence-corrected chi connectivity index (χ3v) is 4.85. The Hall–Kier alpha value is -3.60. The van der Waals surface area contributed by atoms with Crippen molar-refractivity contribution in [3.05, 3.63) is 49.6 Å². The van der Waals surface area contributed by atoms with Gasteiger partial charge in [0.2, 0.25) is 0 Å². The Labute approximate surface area is 150 Å². The maximum Gasteiger partial charge on any atom is 0.293 e. The minimum absolute atomic E-state index is 0.0772. The molecule has 0 aliphatic carbocycles. The summed E-state index contributed by atoms with van der Waals surface area (Å²) in [5.41, 5.74) is -1.20. The van der Waals surface area contributed by atoms with E-state index in [0.29, 0.717) is 13.1 Å². The molecule has 0 saturated carbocycles. The van der Waals surface area contributed by atoms with Crippen LogP contribution in [-0.2, 0) is 0 Å². The van der Waals surface area contributed by atoms with Gasteiger partial charge in [-0.1, -0.05) is 0 Å². The molecule has 27 heavy (non-hydrogen) atoms. The molecule has 2 aromatic rings. The molecule has 2 amide bonds. The predicted molar refractivity (Wildman–Crippen MR) is 91.0 cm³/mol. The van der Waals surface area contributed by atoms with Crippen LogP contribution in [0.25, 0.3) is 10.8 Å². The third-order valence-electron chi connectivity index (χ3n) is 4.85. The van der Waals surface area contributed by atoms with Crippen molar-refractivity contribution in [2.45, 2.75) is 12.8 Å². The fraction of sp³-hybridized carbons (Fsp3) is 0.250. The molecule has 0 atom stereocenters. The first-order chi connectivity index (χ1) is 12.8. The molecule has 2 heterocycles. The van der Waals surface area contributed by atoms with Crippen molar-refractivity contribution >= 4 is 39.6 Å². The molecule has 1 saturated heterocycles. The van der Waals surface area contributed by atoms with Gasteiger partial charge in [0.25, 0.3) is 23.2 Å². The number of anilines is 1. The number of carbonyl (C=O) groups is 2. The summed E-state index contributed by atoms with van der Waals surface area (Å²) in [5, 5.41) is 32.7. The first-order valence-corrected chi connectivity index (χ1v) is 8.07. The smallest absolute Gasteiger partial charge is 0.293 e. The highest BCUT2D eigenvalue weighted by Crippen LogP contribution is 2.44. The lowest BCUT2D eigenvalue weighted by Gasteiger charge is -2.25. The molecule has 0 aromatic heterocycles. The third kappa shape index (κ3) is 2.32. The van der Waals surface area contributed by atoms with E-state index in [1.54, 1.807) is 4.90 Å². The van der Waals surface area contributed by atoms with E-state index < -0.39 is 33.0 Å². The Morgan fingerprint density at radius 2 is 1.52 bits per heavy atom. The van der Waals surface area contributed by atoms with Gasteiger partial charge in [-0.15, -0.1) is 5.06 Å². The molecule has 4 rings (SSSR count). The van der Waals surface area contributed by atoms with Crippen molar-refractivity contribution < 1.29 is 24.6 Å². The van der Waals surface area contributed by atoms with Crippen LogP contribution in [-0.4, -0.2) is 45.0 Å². The Kier molecular flexibility index (Phi) is 3.56. The summed E-state index contributed by atoms with van der Waals surface area (Å²) in [6, 6.07) is 3.11. The molecule has 138 valence electrons. The second-order valence-electron chi connectivity index (χ2n) is 6.34. The lowest BCUT2D eigenvalue weighted by molar-refractivity contribution is -0.384. The first-order valence-electron chi connectivity index (χ1n) is 8.07. The van der Waals surface area contributed by atoms with Crippen LogP contribution in [0.1, 0.15) is 33.6 Å². The van der Waals surface area contributed by atoms with Gasteiger partial charge < -0.3 is 4.90 Å². The van der Waals surface area contributed by atoms with E-state index in [1.807, 2.05) is 0 Å². The van der Waals surface area contributed by atoms with Crippen molar-refractivity contribution in [2.75, 3.05) is 18.0 Å². The summed E-state index contributed by atoms with van der Waals surface area (Å²) >= 11 is 0. The average Bonchev–Trinajstić information content (AvgIpc) is 3.16. The monoisotopic (exact) mass is 372 g/mol. The maximum atomic E-state index is 12.3. The van der Waals surface area contributed by atoms with Crippen LogP contribution in [0.2, 0.25) is 0 Å². The number of hydroxylamine groups is 2. The summed E-state index contributed by atoms with van der Waals surface area (Å²) in [5.74, 6) is -2.22. The number of hydrogen-bond donors (Lipinski definition) is 1. The van der Waals surface area contributed by atoms with E-state index >= 15 is 0 Å². The van der Waals surface area contributed by atoms with Gasteiger partial charge in [0.1, 0.15) is 5.69 Å². The highest BCUT2D eigenvalue weighted by molar-refractivity contribution is 6.27. The number of nitrogens with zero attached hydrogens (tertiary/aromatic N) is 4. The Morgan fingerprint density at radius 3 is 2.07 bits per heavy atom. The van der Waals surface area contributed by atoms with E-state index in [-0.39, 0.29) is 32.6 Å². The van der Waals surface area contributed by atoms with Crippen molar-refractivity contribution in [2.24, 2.45) is 0 Å². The van der Waals surface area contributed by atoms with Crippen molar-refractivity contribution in [1.29, 1.82) is 0 Å². The number of hydrogen-bond acceptors (Lipinski definition) is 8. The molecule has 1 N–H and O–H groups in total. The van der Waals surface area contributed by atoms with Crippen molar-refractivity contribution in [3.8, 4) is 0 Å². The van der Waals surface area contributed by atoms with Gasteiger partial charge in [0.15, 0.2) is 0 Å². The molecule has 0 radical (unpaired) electrons. The molecule has 11 heteroatoms. The molecule has 2 aliphatic rings. The van der Waals surface area contributed by atoms with Crippen LogP contribution in [0, 0.1) is 20.2 Å². The van der Waals surface area contributed by atoms with E-state index in [4.69, 9.17) is 0 Å². The van der Waals surface area contributed by atoms with Gasteiger partial charge in [0.05, 0.1) is 21.0 Å². The number of amides is 2. The second kappa shape index (κ2) is 5.71. The standard InChI is InChI=1S/C16H12N4O7/c21-15-10-6-8(19(24)25)5-9-13(10)11(16(22)18(15)23)7-12(20(26)27)14(9)17-3-1-2-4-17/h5-7,23H,1-4H2. The van der Waals surface area contributed by atoms with Gasteiger partial charge in [-0.05, 0) is 12.8 Å². The molecule has 2 aromatic carbocycles. The minimum atomic E-state index is -1.11. The molecule has 0 unspecified atom stereocenters. The highest BCUT2D eigenvalue weighted by Gasteiger charge is 2.38. The SMILES string of the molecule is O=C1c2cc([N+](=O)[O-])cc3c(N4CCCC4)c([N+](=O)[O-])cc(c23)C(=O)N1O. The zero-order valence-electron chi connectivity index (χ0n) is 13.7. The summed E-state index contributed by atoms with van der Waals surface area (Å²) in [6.07, 6.45) is 1.59. The van der Waals surface area contributed by atoms with Crippen LogP contribution in [0.3, 0.4) is 0 Å². The quantitative estimate of drug-likeness (QED) is 0.373. The van der Waals surface area contributed by atoms with E-state index in [2.05, 4.69) is 0 Å². The lowest BCUT2D eigenvalue weighted by Crippen LogP contribution is -2.37. The van der Waals surface area contributed by atoms with Crippen LogP contribution in [0.5, 0.6) is 0 Å². The average molecular weight is 372 g/mol. The van der Waals surface area contributed by atoms with E-state index in [1.165, 1.54) is 0 Å². The fourth-order valence-electron chi connectivity index (χ4n) is 3.69. The van der Waals surface area contributed by atoms with Crippen LogP contribution in [0.15, 0.2) is 18.2 Å². The topological polar surface area (TPSA) is 147 Å². The predicted octanol–water partition coefficient (Wildman–Crippen LogP) is 2.24. The normalized spacial score (nSPS) is 16.3. The van der Waals surface area contributed by atoms with Crippen LogP contribution in [0.4, 0.5) is 17.1 Å². The number of non-ortho nitro benzene ring substituents is 1.